The summed E-state index contributed by atoms with van der Waals surface area (Å²) in [6, 6.07) is 5.51. The minimum absolute atomic E-state index is 0.000859. The summed E-state index contributed by atoms with van der Waals surface area (Å²) in [5.74, 6) is -0.996. The molecule has 178 valence electrons. The number of piperidine rings is 1. The molecule has 1 aliphatic rings. The van der Waals surface area contributed by atoms with E-state index >= 15 is 0 Å². The summed E-state index contributed by atoms with van der Waals surface area (Å²) in [6.45, 7) is 2.62. The van der Waals surface area contributed by atoms with E-state index in [-0.39, 0.29) is 18.4 Å². The first kappa shape index (κ1) is 24.6. The van der Waals surface area contributed by atoms with E-state index < -0.39 is 29.8 Å². The molecule has 2 aromatic rings. The maximum Gasteiger partial charge on any atom is 0.433 e. The lowest BCUT2D eigenvalue weighted by Crippen LogP contribution is -2.39. The molecule has 33 heavy (non-hydrogen) atoms. The van der Waals surface area contributed by atoms with Crippen molar-refractivity contribution in [3.8, 4) is 0 Å². The van der Waals surface area contributed by atoms with Gasteiger partial charge in [-0.25, -0.2) is 0 Å². The molecule has 0 bridgehead atoms. The zero-order chi connectivity index (χ0) is 24.0. The van der Waals surface area contributed by atoms with E-state index in [9.17, 15) is 27.9 Å². The molecule has 2 N–H and O–H groups in total. The highest BCUT2D eigenvalue weighted by Gasteiger charge is 2.33. The van der Waals surface area contributed by atoms with E-state index in [1.54, 1.807) is 23.2 Å². The Bertz CT molecular complexity index is 930. The number of aliphatic hydroxyl groups excluding tert-OH is 1. The van der Waals surface area contributed by atoms with Gasteiger partial charge in [0.15, 0.2) is 0 Å². The minimum atomic E-state index is -4.57. The first-order chi connectivity index (χ1) is 15.6. The summed E-state index contributed by atoms with van der Waals surface area (Å²) < 4.78 is 38.8. The fourth-order valence-electron chi connectivity index (χ4n) is 4.00. The van der Waals surface area contributed by atoms with Crippen LogP contribution in [0.15, 0.2) is 42.9 Å². The molecule has 0 spiro atoms. The number of nitrogens with zero attached hydrogens (tertiary/aromatic N) is 3. The van der Waals surface area contributed by atoms with E-state index in [1.807, 2.05) is 0 Å². The van der Waals surface area contributed by atoms with Crippen molar-refractivity contribution >= 4 is 11.8 Å². The molecule has 1 aliphatic heterocycles. The van der Waals surface area contributed by atoms with Crippen LogP contribution in [0.25, 0.3) is 0 Å². The molecule has 3 heterocycles. The molecule has 2 atom stereocenters. The van der Waals surface area contributed by atoms with Crippen molar-refractivity contribution in [3.05, 3.63) is 59.7 Å². The minimum Gasteiger partial charge on any atom is -0.387 e. The summed E-state index contributed by atoms with van der Waals surface area (Å²) in [7, 11) is 0. The molecule has 0 radical (unpaired) electrons. The molecule has 3 rings (SSSR count). The third-order valence-corrected chi connectivity index (χ3v) is 5.96. The standard InChI is InChI=1S/C23H27F3N4O3/c1-15(31)30-9-6-16(7-10-30)11-19(17-4-5-21(28-13-17)23(24,25)26)22(33)29-14-20(32)18-3-2-8-27-12-18/h2-5,8,12-13,16,19-20,32H,6-7,9-11,14H2,1H3,(H,29,33)/t19?,20-/m1/s1. The number of pyridine rings is 2. The first-order valence-electron chi connectivity index (χ1n) is 10.8. The molecule has 1 saturated heterocycles. The van der Waals surface area contributed by atoms with Gasteiger partial charge in [0.05, 0.1) is 12.0 Å². The second kappa shape index (κ2) is 10.7. The molecule has 2 aromatic heterocycles. The maximum absolute atomic E-state index is 13.1. The number of hydrogen-bond donors (Lipinski definition) is 2. The number of aliphatic hydroxyl groups is 1. The van der Waals surface area contributed by atoms with Crippen molar-refractivity contribution in [1.82, 2.24) is 20.2 Å². The summed E-state index contributed by atoms with van der Waals surface area (Å²) in [5, 5.41) is 13.0. The number of carbonyl (C=O) groups is 2. The highest BCUT2D eigenvalue weighted by molar-refractivity contribution is 5.83. The van der Waals surface area contributed by atoms with E-state index in [0.29, 0.717) is 43.5 Å². The van der Waals surface area contributed by atoms with Gasteiger partial charge in [-0.1, -0.05) is 12.1 Å². The van der Waals surface area contributed by atoms with Gasteiger partial charge in [-0.3, -0.25) is 19.6 Å². The lowest BCUT2D eigenvalue weighted by Gasteiger charge is -2.33. The Hall–Kier alpha value is -3.01. The molecule has 2 amide bonds. The van der Waals surface area contributed by atoms with Crippen LogP contribution >= 0.6 is 0 Å². The van der Waals surface area contributed by atoms with Crippen LogP contribution in [-0.4, -0.2) is 51.4 Å². The van der Waals surface area contributed by atoms with Gasteiger partial charge in [0, 0.05) is 50.7 Å². The number of amides is 2. The quantitative estimate of drug-likeness (QED) is 0.657. The average molecular weight is 464 g/mol. The average Bonchev–Trinajstić information content (AvgIpc) is 2.81. The van der Waals surface area contributed by atoms with Crippen LogP contribution in [0, 0.1) is 5.92 Å². The third kappa shape index (κ3) is 6.74. The number of halogens is 3. The molecule has 1 unspecified atom stereocenters. The molecule has 10 heteroatoms. The fourth-order valence-corrected chi connectivity index (χ4v) is 4.00. The third-order valence-electron chi connectivity index (χ3n) is 5.96. The summed E-state index contributed by atoms with van der Waals surface area (Å²) in [4.78, 5) is 33.8. The lowest BCUT2D eigenvalue weighted by atomic mass is 9.83. The van der Waals surface area contributed by atoms with Crippen molar-refractivity contribution in [3.63, 3.8) is 0 Å². The van der Waals surface area contributed by atoms with Crippen molar-refractivity contribution in [2.75, 3.05) is 19.6 Å². The number of carbonyl (C=O) groups excluding carboxylic acids is 2. The number of likely N-dealkylation sites (tertiary alicyclic amines) is 1. The Labute approximate surface area is 190 Å². The van der Waals surface area contributed by atoms with Crippen LogP contribution in [0.4, 0.5) is 13.2 Å². The fraction of sp³-hybridized carbons (Fsp3) is 0.478. The van der Waals surface area contributed by atoms with Crippen molar-refractivity contribution in [2.45, 2.75) is 44.4 Å². The van der Waals surface area contributed by atoms with Crippen LogP contribution in [-0.2, 0) is 15.8 Å². The smallest absolute Gasteiger partial charge is 0.387 e. The Kier molecular flexibility index (Phi) is 8.01. The number of hydrogen-bond acceptors (Lipinski definition) is 5. The highest BCUT2D eigenvalue weighted by atomic mass is 19.4. The number of nitrogens with one attached hydrogen (secondary N) is 1. The van der Waals surface area contributed by atoms with Gasteiger partial charge in [0.2, 0.25) is 11.8 Å². The topological polar surface area (TPSA) is 95.4 Å². The van der Waals surface area contributed by atoms with Gasteiger partial charge in [0.25, 0.3) is 0 Å². The van der Waals surface area contributed by atoms with E-state index in [0.717, 1.165) is 12.3 Å². The van der Waals surface area contributed by atoms with Crippen LogP contribution in [0.5, 0.6) is 0 Å². The lowest BCUT2D eigenvalue weighted by molar-refractivity contribution is -0.141. The largest absolute Gasteiger partial charge is 0.433 e. The maximum atomic E-state index is 13.1. The van der Waals surface area contributed by atoms with Crippen LogP contribution in [0.1, 0.15) is 55.0 Å². The molecular weight excluding hydrogens is 437 g/mol. The number of alkyl halides is 3. The van der Waals surface area contributed by atoms with Crippen molar-refractivity contribution < 1.29 is 27.9 Å². The monoisotopic (exact) mass is 464 g/mol. The molecule has 0 aromatic carbocycles. The molecular formula is C23H27F3N4O3. The molecule has 7 nitrogen and oxygen atoms in total. The first-order valence-corrected chi connectivity index (χ1v) is 10.8. The van der Waals surface area contributed by atoms with Crippen molar-refractivity contribution in [1.29, 1.82) is 0 Å². The summed E-state index contributed by atoms with van der Waals surface area (Å²) >= 11 is 0. The number of rotatable bonds is 7. The summed E-state index contributed by atoms with van der Waals surface area (Å²) in [6.07, 6.45) is 0.447. The molecule has 0 saturated carbocycles. The van der Waals surface area contributed by atoms with Crippen LogP contribution < -0.4 is 5.32 Å². The Balaban J connectivity index is 1.72. The predicted octanol–water partition coefficient (Wildman–Crippen LogP) is 3.08. The summed E-state index contributed by atoms with van der Waals surface area (Å²) in [5.41, 5.74) is -0.0975. The van der Waals surface area contributed by atoms with Crippen LogP contribution in [0.2, 0.25) is 0 Å². The zero-order valence-corrected chi connectivity index (χ0v) is 18.3. The van der Waals surface area contributed by atoms with Gasteiger partial charge in [-0.15, -0.1) is 0 Å². The van der Waals surface area contributed by atoms with Gasteiger partial charge >= 0.3 is 6.18 Å². The second-order valence-electron chi connectivity index (χ2n) is 8.26. The van der Waals surface area contributed by atoms with Crippen molar-refractivity contribution in [2.24, 2.45) is 5.92 Å². The van der Waals surface area contributed by atoms with Gasteiger partial charge < -0.3 is 15.3 Å². The van der Waals surface area contributed by atoms with Gasteiger partial charge in [-0.05, 0) is 42.9 Å². The Morgan fingerprint density at radius 1 is 1.18 bits per heavy atom. The second-order valence-corrected chi connectivity index (χ2v) is 8.26. The normalized spacial score (nSPS) is 16.8. The highest BCUT2D eigenvalue weighted by Crippen LogP contribution is 2.32. The Morgan fingerprint density at radius 2 is 1.91 bits per heavy atom. The molecule has 0 aliphatic carbocycles. The predicted molar refractivity (Wildman–Crippen MR) is 114 cm³/mol. The zero-order valence-electron chi connectivity index (χ0n) is 18.3. The van der Waals surface area contributed by atoms with Crippen LogP contribution in [0.3, 0.4) is 0 Å². The number of aromatic nitrogens is 2. The van der Waals surface area contributed by atoms with Gasteiger partial charge in [-0.2, -0.15) is 13.2 Å². The SMILES string of the molecule is CC(=O)N1CCC(CC(C(=O)NC[C@@H](O)c2cccnc2)c2ccc(C(F)(F)F)nc2)CC1. The van der Waals surface area contributed by atoms with Gasteiger partial charge in [0.1, 0.15) is 5.69 Å². The van der Waals surface area contributed by atoms with E-state index in [1.165, 1.54) is 19.2 Å². The molecule has 1 fully saturated rings. The van der Waals surface area contributed by atoms with E-state index in [2.05, 4.69) is 15.3 Å². The van der Waals surface area contributed by atoms with E-state index in [4.69, 9.17) is 0 Å². The Morgan fingerprint density at radius 3 is 2.45 bits per heavy atom.